The first kappa shape index (κ1) is 21.7. The van der Waals surface area contributed by atoms with Gasteiger partial charge in [-0.3, -0.25) is 0 Å². The van der Waals surface area contributed by atoms with Crippen LogP contribution >= 0.6 is 11.1 Å². The van der Waals surface area contributed by atoms with Gasteiger partial charge in [0.2, 0.25) is 0 Å². The van der Waals surface area contributed by atoms with E-state index in [0.29, 0.717) is 12.8 Å². The van der Waals surface area contributed by atoms with Gasteiger partial charge in [-0.05, 0) is 0 Å². The van der Waals surface area contributed by atoms with Crippen molar-refractivity contribution in [1.82, 2.24) is 0 Å². The SMILES string of the molecule is C[N+]1(C)N=C(C(F)(F)F)O[Si-2]12(Cl)(C1CCCCC1)OC(C(F)(F)F)=N[N+]2(C)C. The van der Waals surface area contributed by atoms with Crippen molar-refractivity contribution in [3.8, 4) is 0 Å². The first-order valence-corrected chi connectivity index (χ1v) is 12.6. The van der Waals surface area contributed by atoms with E-state index in [1.54, 1.807) is 0 Å². The van der Waals surface area contributed by atoms with Gasteiger partial charge in [0.15, 0.2) is 0 Å². The number of rotatable bonds is 1. The van der Waals surface area contributed by atoms with Crippen LogP contribution in [0.25, 0.3) is 0 Å². The number of nitrogens with zero attached hydrogens (tertiary/aromatic N) is 4. The molecule has 0 unspecified atom stereocenters. The summed E-state index contributed by atoms with van der Waals surface area (Å²) >= 11 is 7.21. The fraction of sp³-hybridized carbons (Fsp3) is 0.857. The molecule has 0 aromatic rings. The molecule has 0 bridgehead atoms. The molecule has 2 heterocycles. The Kier molecular flexibility index (Phi) is 3.99. The van der Waals surface area contributed by atoms with Crippen LogP contribution in [0.3, 0.4) is 0 Å². The Labute approximate surface area is 162 Å². The van der Waals surface area contributed by atoms with Crippen molar-refractivity contribution in [2.24, 2.45) is 10.2 Å². The Morgan fingerprint density at radius 1 is 0.821 bits per heavy atom. The van der Waals surface area contributed by atoms with Crippen molar-refractivity contribution in [2.45, 2.75) is 50.0 Å². The van der Waals surface area contributed by atoms with Crippen molar-refractivity contribution in [3.05, 3.63) is 0 Å². The Hall–Kier alpha value is -1.05. The molecule has 0 N–H and O–H groups in total. The molecule has 1 aliphatic carbocycles. The van der Waals surface area contributed by atoms with Gasteiger partial charge in [-0.1, -0.05) is 0 Å². The van der Waals surface area contributed by atoms with Crippen LogP contribution in [0.15, 0.2) is 10.2 Å². The number of quaternary nitrogens is 2. The zero-order valence-electron chi connectivity index (χ0n) is 15.9. The molecule has 0 radical (unpaired) electrons. The van der Waals surface area contributed by atoms with E-state index < -0.39 is 45.0 Å². The summed E-state index contributed by atoms with van der Waals surface area (Å²) < 4.78 is 90.5. The van der Waals surface area contributed by atoms with Gasteiger partial charge in [-0.2, -0.15) is 0 Å². The summed E-state index contributed by atoms with van der Waals surface area (Å²) in [5.41, 5.74) is -0.928. The van der Waals surface area contributed by atoms with E-state index in [1.165, 1.54) is 28.2 Å². The molecule has 0 saturated heterocycles. The van der Waals surface area contributed by atoms with Crippen LogP contribution in [-0.2, 0) is 8.85 Å². The predicted octanol–water partition coefficient (Wildman–Crippen LogP) is 4.36. The van der Waals surface area contributed by atoms with E-state index >= 15 is 0 Å². The average molecular weight is 457 g/mol. The molecule has 0 amide bonds. The van der Waals surface area contributed by atoms with Gasteiger partial charge in [0.05, 0.1) is 0 Å². The zero-order valence-corrected chi connectivity index (χ0v) is 17.6. The second kappa shape index (κ2) is 5.16. The number of halogens is 7. The summed E-state index contributed by atoms with van der Waals surface area (Å²) in [6.07, 6.45) is -7.68. The molecule has 2 aliphatic heterocycles. The van der Waals surface area contributed by atoms with Gasteiger partial charge < -0.3 is 0 Å². The molecule has 28 heavy (non-hydrogen) atoms. The Morgan fingerprint density at radius 2 is 1.18 bits per heavy atom. The molecule has 1 fully saturated rings. The summed E-state index contributed by atoms with van der Waals surface area (Å²) in [5.74, 6) is -3.38. The Morgan fingerprint density at radius 3 is 1.46 bits per heavy atom. The summed E-state index contributed by atoms with van der Waals surface area (Å²) in [5, 5.41) is 7.24. The van der Waals surface area contributed by atoms with Crippen LogP contribution in [0.1, 0.15) is 32.1 Å². The molecule has 14 heteroatoms. The summed E-state index contributed by atoms with van der Waals surface area (Å²) in [4.78, 5) is 0. The first-order valence-electron chi connectivity index (χ1n) is 8.83. The van der Waals surface area contributed by atoms with Crippen molar-refractivity contribution in [2.75, 3.05) is 28.2 Å². The van der Waals surface area contributed by atoms with Gasteiger partial charge >= 0.3 is 162 Å². The quantitative estimate of drug-likeness (QED) is 0.334. The molecule has 0 aromatic heterocycles. The molecule has 0 atom stereocenters. The standard InChI is InChI=1S/C14H23ClF6N4O2Si/c1-24(2)22-11(13(16,17)18)26-28(24,15,10-8-6-5-7-9-10)25(3,4)23-12(27-28)14(19,20)21/h10H,5-9H2,1-4H3. The van der Waals surface area contributed by atoms with Crippen LogP contribution in [0.4, 0.5) is 26.3 Å². The van der Waals surface area contributed by atoms with E-state index in [-0.39, 0.29) is 12.8 Å². The maximum absolute atomic E-state index is 13.6. The van der Waals surface area contributed by atoms with Gasteiger partial charge in [-0.25, -0.2) is 0 Å². The summed E-state index contributed by atoms with van der Waals surface area (Å²) in [6.45, 7) is -6.53. The number of hydrogen-bond donors (Lipinski definition) is 0. The summed E-state index contributed by atoms with van der Waals surface area (Å²) in [7, 11) is 4.78. The van der Waals surface area contributed by atoms with Gasteiger partial charge in [0, 0.05) is 0 Å². The van der Waals surface area contributed by atoms with Crippen molar-refractivity contribution in [3.63, 3.8) is 0 Å². The third kappa shape index (κ3) is 2.08. The van der Waals surface area contributed by atoms with E-state index in [4.69, 9.17) is 19.9 Å². The molecule has 0 aromatic carbocycles. The van der Waals surface area contributed by atoms with Crippen LogP contribution < -0.4 is 0 Å². The van der Waals surface area contributed by atoms with E-state index in [9.17, 15) is 26.3 Å². The minimum atomic E-state index is -6.53. The van der Waals surface area contributed by atoms with E-state index in [1.807, 2.05) is 0 Å². The second-order valence-corrected chi connectivity index (χ2v) is 17.6. The van der Waals surface area contributed by atoms with Gasteiger partial charge in [0.25, 0.3) is 0 Å². The molecule has 3 rings (SSSR count). The Bertz CT molecular complexity index is 736. The predicted molar refractivity (Wildman–Crippen MR) is 91.8 cm³/mol. The minimum absolute atomic E-state index is 0.248. The number of alkyl halides is 6. The third-order valence-electron chi connectivity index (χ3n) is 6.71. The van der Waals surface area contributed by atoms with E-state index in [2.05, 4.69) is 10.2 Å². The topological polar surface area (TPSA) is 43.2 Å². The molecule has 164 valence electrons. The van der Waals surface area contributed by atoms with Gasteiger partial charge in [-0.15, -0.1) is 0 Å². The van der Waals surface area contributed by atoms with Crippen LogP contribution in [-0.4, -0.2) is 67.6 Å². The van der Waals surface area contributed by atoms with Crippen molar-refractivity contribution >= 4 is 29.6 Å². The molecule has 6 nitrogen and oxygen atoms in total. The monoisotopic (exact) mass is 456 g/mol. The van der Waals surface area contributed by atoms with Gasteiger partial charge in [0.1, 0.15) is 0 Å². The van der Waals surface area contributed by atoms with Crippen LogP contribution in [0.2, 0.25) is 5.54 Å². The molecule has 1 saturated carbocycles. The normalized spacial score (nSPS) is 32.8. The van der Waals surface area contributed by atoms with E-state index in [0.717, 1.165) is 6.42 Å². The third-order valence-corrected chi connectivity index (χ3v) is 19.2. The molecular formula is C14H23ClF6N4O2Si. The second-order valence-electron chi connectivity index (χ2n) is 8.61. The average Bonchev–Trinajstić information content (AvgIpc) is 2.87. The van der Waals surface area contributed by atoms with Crippen LogP contribution in [0.5, 0.6) is 0 Å². The first-order chi connectivity index (χ1) is 12.4. The molecule has 3 aliphatic rings. The summed E-state index contributed by atoms with van der Waals surface area (Å²) in [6, 6.07) is 0. The molecule has 1 spiro atoms. The number of hydrogen-bond acceptors (Lipinski definition) is 4. The zero-order chi connectivity index (χ0) is 21.5. The fourth-order valence-electron chi connectivity index (χ4n) is 5.21. The molecular weight excluding hydrogens is 434 g/mol. The Balaban J connectivity index is 2.37. The van der Waals surface area contributed by atoms with Crippen LogP contribution in [0, 0.1) is 0 Å². The van der Waals surface area contributed by atoms with Crippen molar-refractivity contribution < 1.29 is 43.7 Å². The van der Waals surface area contributed by atoms with Crippen molar-refractivity contribution in [1.29, 1.82) is 0 Å². The fourth-order valence-corrected chi connectivity index (χ4v) is 14.2. The maximum atomic E-state index is 13.6.